The van der Waals surface area contributed by atoms with Crippen molar-refractivity contribution in [3.8, 4) is 0 Å². The number of rotatable bonds is 8. The zero-order valence-corrected chi connectivity index (χ0v) is 15.2. The number of aryl methyl sites for hydroxylation is 1. The molecule has 2 aromatic rings. The summed E-state index contributed by atoms with van der Waals surface area (Å²) in [5.41, 5.74) is 3.55. The Labute approximate surface area is 151 Å². The van der Waals surface area contributed by atoms with Crippen LogP contribution in [0.5, 0.6) is 0 Å². The van der Waals surface area contributed by atoms with Crippen molar-refractivity contribution in [2.24, 2.45) is 4.99 Å². The predicted octanol–water partition coefficient (Wildman–Crippen LogP) is 3.22. The van der Waals surface area contributed by atoms with Gasteiger partial charge in [0.05, 0.1) is 6.10 Å². The van der Waals surface area contributed by atoms with Gasteiger partial charge in [-0.3, -0.25) is 4.99 Å². The van der Waals surface area contributed by atoms with Crippen LogP contribution in [-0.2, 0) is 6.42 Å². The molecule has 25 heavy (non-hydrogen) atoms. The fourth-order valence-corrected chi connectivity index (χ4v) is 2.68. The summed E-state index contributed by atoms with van der Waals surface area (Å²) in [7, 11) is 0. The first-order valence-corrected chi connectivity index (χ1v) is 8.99. The highest BCUT2D eigenvalue weighted by atomic mass is 16.3. The van der Waals surface area contributed by atoms with E-state index in [9.17, 15) is 5.11 Å². The molecule has 0 spiro atoms. The summed E-state index contributed by atoms with van der Waals surface area (Å²) in [5, 5.41) is 16.8. The fourth-order valence-electron chi connectivity index (χ4n) is 2.68. The fraction of sp³-hybridized carbons (Fsp3) is 0.381. The topological polar surface area (TPSA) is 56.7 Å². The number of nitrogens with one attached hydrogen (secondary N) is 2. The molecule has 2 aromatic carbocycles. The molecule has 0 radical (unpaired) electrons. The van der Waals surface area contributed by atoms with Gasteiger partial charge in [0.15, 0.2) is 5.96 Å². The molecule has 0 aliphatic heterocycles. The first kappa shape index (κ1) is 19.0. The van der Waals surface area contributed by atoms with Crippen molar-refractivity contribution in [2.45, 2.75) is 32.8 Å². The molecule has 0 saturated carbocycles. The Morgan fingerprint density at radius 2 is 1.88 bits per heavy atom. The third-order valence-corrected chi connectivity index (χ3v) is 3.99. The van der Waals surface area contributed by atoms with Crippen LogP contribution < -0.4 is 10.6 Å². The molecule has 0 heterocycles. The molecule has 3 N–H and O–H groups in total. The van der Waals surface area contributed by atoms with Gasteiger partial charge in [0.2, 0.25) is 0 Å². The van der Waals surface area contributed by atoms with Gasteiger partial charge in [0, 0.05) is 19.6 Å². The molecule has 0 amide bonds. The zero-order chi connectivity index (χ0) is 17.9. The lowest BCUT2D eigenvalue weighted by Crippen LogP contribution is -2.38. The quantitative estimate of drug-likeness (QED) is 0.511. The number of guanidine groups is 1. The first-order valence-electron chi connectivity index (χ1n) is 8.99. The maximum atomic E-state index is 10.2. The van der Waals surface area contributed by atoms with Crippen molar-refractivity contribution in [1.29, 1.82) is 0 Å². The number of nitrogens with zero attached hydrogens (tertiary/aromatic N) is 1. The maximum Gasteiger partial charge on any atom is 0.191 e. The van der Waals surface area contributed by atoms with E-state index in [2.05, 4.69) is 53.7 Å². The van der Waals surface area contributed by atoms with E-state index >= 15 is 0 Å². The van der Waals surface area contributed by atoms with Crippen LogP contribution in [0.25, 0.3) is 0 Å². The molecule has 0 aromatic heterocycles. The monoisotopic (exact) mass is 339 g/mol. The molecule has 4 heteroatoms. The molecule has 1 atom stereocenters. The minimum absolute atomic E-state index is 0.472. The summed E-state index contributed by atoms with van der Waals surface area (Å²) in [6, 6.07) is 18.3. The number of benzene rings is 2. The molecule has 0 fully saturated rings. The number of aliphatic imine (C=N–C) groups is 1. The second-order valence-corrected chi connectivity index (χ2v) is 6.14. The van der Waals surface area contributed by atoms with Crippen LogP contribution in [0.1, 0.15) is 36.1 Å². The van der Waals surface area contributed by atoms with E-state index in [4.69, 9.17) is 0 Å². The van der Waals surface area contributed by atoms with Gasteiger partial charge in [-0.2, -0.15) is 0 Å². The number of hydrogen-bond acceptors (Lipinski definition) is 2. The van der Waals surface area contributed by atoms with Gasteiger partial charge < -0.3 is 15.7 Å². The molecule has 0 aliphatic rings. The summed E-state index contributed by atoms with van der Waals surface area (Å²) < 4.78 is 0. The highest BCUT2D eigenvalue weighted by Crippen LogP contribution is 2.15. The molecule has 0 bridgehead atoms. The lowest BCUT2D eigenvalue weighted by Gasteiger charge is -2.13. The molecule has 134 valence electrons. The summed E-state index contributed by atoms with van der Waals surface area (Å²) in [4.78, 5) is 4.56. The van der Waals surface area contributed by atoms with Crippen molar-refractivity contribution in [1.82, 2.24) is 10.6 Å². The molecule has 0 aliphatic carbocycles. The third kappa shape index (κ3) is 6.98. The average Bonchev–Trinajstić information content (AvgIpc) is 2.62. The number of hydrogen-bond donors (Lipinski definition) is 3. The van der Waals surface area contributed by atoms with Crippen molar-refractivity contribution in [3.63, 3.8) is 0 Å². The first-order chi connectivity index (χ1) is 12.2. The lowest BCUT2D eigenvalue weighted by molar-refractivity contribution is 0.170. The highest BCUT2D eigenvalue weighted by Gasteiger charge is 2.06. The van der Waals surface area contributed by atoms with Gasteiger partial charge in [-0.05, 0) is 37.8 Å². The van der Waals surface area contributed by atoms with E-state index in [1.165, 1.54) is 11.1 Å². The van der Waals surface area contributed by atoms with Crippen molar-refractivity contribution >= 4 is 5.96 Å². The minimum atomic E-state index is -0.472. The van der Waals surface area contributed by atoms with E-state index in [1.54, 1.807) is 0 Å². The Hall–Kier alpha value is -2.33. The van der Waals surface area contributed by atoms with Gasteiger partial charge in [0.1, 0.15) is 0 Å². The SMILES string of the molecule is CCNC(=NCCC(O)c1ccccc1)NCCc1cccc(C)c1. The van der Waals surface area contributed by atoms with Crippen LogP contribution >= 0.6 is 0 Å². The van der Waals surface area contributed by atoms with E-state index in [1.807, 2.05) is 30.3 Å². The van der Waals surface area contributed by atoms with Gasteiger partial charge in [-0.25, -0.2) is 0 Å². The minimum Gasteiger partial charge on any atom is -0.388 e. The molecular formula is C21H29N3O. The van der Waals surface area contributed by atoms with Gasteiger partial charge >= 0.3 is 0 Å². The van der Waals surface area contributed by atoms with Crippen LogP contribution in [0.2, 0.25) is 0 Å². The Bertz CT molecular complexity index is 655. The van der Waals surface area contributed by atoms with Crippen LogP contribution in [0.15, 0.2) is 59.6 Å². The van der Waals surface area contributed by atoms with Crippen LogP contribution in [0, 0.1) is 6.92 Å². The largest absolute Gasteiger partial charge is 0.388 e. The average molecular weight is 339 g/mol. The molecule has 4 nitrogen and oxygen atoms in total. The summed E-state index contributed by atoms with van der Waals surface area (Å²) in [6.45, 7) is 6.39. The molecule has 0 saturated heterocycles. The van der Waals surface area contributed by atoms with E-state index in [0.29, 0.717) is 13.0 Å². The third-order valence-electron chi connectivity index (χ3n) is 3.99. The smallest absolute Gasteiger partial charge is 0.191 e. The van der Waals surface area contributed by atoms with Crippen LogP contribution in [-0.4, -0.2) is 30.7 Å². The van der Waals surface area contributed by atoms with Crippen molar-refractivity contribution in [2.75, 3.05) is 19.6 Å². The maximum absolute atomic E-state index is 10.2. The predicted molar refractivity (Wildman–Crippen MR) is 105 cm³/mol. The highest BCUT2D eigenvalue weighted by molar-refractivity contribution is 5.79. The van der Waals surface area contributed by atoms with Gasteiger partial charge in [-0.15, -0.1) is 0 Å². The molecule has 2 rings (SSSR count). The Kier molecular flexibility index (Phi) is 7.99. The second kappa shape index (κ2) is 10.5. The van der Waals surface area contributed by atoms with Gasteiger partial charge in [-0.1, -0.05) is 60.2 Å². The zero-order valence-electron chi connectivity index (χ0n) is 15.2. The Balaban J connectivity index is 1.79. The number of aliphatic hydroxyl groups excluding tert-OH is 1. The standard InChI is InChI=1S/C21H29N3O/c1-3-22-21(23-14-12-18-9-7-8-17(2)16-18)24-15-13-20(25)19-10-5-4-6-11-19/h4-11,16,20,25H,3,12-15H2,1-2H3,(H2,22,23,24). The van der Waals surface area contributed by atoms with Crippen LogP contribution in [0.3, 0.4) is 0 Å². The lowest BCUT2D eigenvalue weighted by atomic mass is 10.1. The molecular weight excluding hydrogens is 310 g/mol. The van der Waals surface area contributed by atoms with E-state index < -0.39 is 6.10 Å². The normalized spacial score (nSPS) is 12.7. The second-order valence-electron chi connectivity index (χ2n) is 6.14. The van der Waals surface area contributed by atoms with E-state index in [-0.39, 0.29) is 0 Å². The Morgan fingerprint density at radius 1 is 1.08 bits per heavy atom. The number of aliphatic hydroxyl groups is 1. The van der Waals surface area contributed by atoms with Crippen molar-refractivity contribution in [3.05, 3.63) is 71.3 Å². The Morgan fingerprint density at radius 3 is 2.60 bits per heavy atom. The van der Waals surface area contributed by atoms with Crippen LogP contribution in [0.4, 0.5) is 0 Å². The van der Waals surface area contributed by atoms with E-state index in [0.717, 1.165) is 31.0 Å². The van der Waals surface area contributed by atoms with Gasteiger partial charge in [0.25, 0.3) is 0 Å². The van der Waals surface area contributed by atoms with Crippen molar-refractivity contribution < 1.29 is 5.11 Å². The summed E-state index contributed by atoms with van der Waals surface area (Å²) in [6.07, 6.45) is 1.09. The molecule has 1 unspecified atom stereocenters. The summed E-state index contributed by atoms with van der Waals surface area (Å²) in [5.74, 6) is 0.801. The summed E-state index contributed by atoms with van der Waals surface area (Å²) >= 11 is 0.